The fraction of sp³-hybridized carbons (Fsp3) is 0.342. The number of nitrogens with two attached hydrogens (primary N) is 2. The minimum absolute atomic E-state index is 0.0115. The Morgan fingerprint density at radius 2 is 0.783 bits per heavy atom. The van der Waals surface area contributed by atoms with Crippen LogP contribution in [-0.4, -0.2) is 185 Å². The number of carbonyl (C=O) groups excluding carboxylic acids is 11. The molecule has 0 spiro atoms. The van der Waals surface area contributed by atoms with Gasteiger partial charge >= 0.3 is 11.9 Å². The number of nitrogens with zero attached hydrogens (tertiary/aromatic N) is 1. The lowest BCUT2D eigenvalue weighted by Crippen LogP contribution is -2.62. The molecular formula is C73H87N15O16S2. The molecule has 0 fully saturated rings. The molecule has 5 aromatic carbocycles. The van der Waals surface area contributed by atoms with E-state index >= 15 is 9.59 Å². The van der Waals surface area contributed by atoms with Gasteiger partial charge in [-0.05, 0) is 58.4 Å². The summed E-state index contributed by atoms with van der Waals surface area (Å²) in [5.41, 5.74) is 15.3. The number of aliphatic carboxylic acids is 2. The number of phenols is 1. The number of thiol groups is 2. The minimum Gasteiger partial charge on any atom is -0.508 e. The average Bonchev–Trinajstić information content (AvgIpc) is 1.65. The molecular weight excluding hydrogens is 1410 g/mol. The van der Waals surface area contributed by atoms with Crippen molar-refractivity contribution in [3.8, 4) is 5.75 Å². The maximum Gasteiger partial charge on any atom is 0.326 e. The Kier molecular flexibility index (Phi) is 31.2. The Morgan fingerprint density at radius 3 is 1.20 bits per heavy atom. The summed E-state index contributed by atoms with van der Waals surface area (Å²) in [6, 6.07) is 20.7. The van der Waals surface area contributed by atoms with Gasteiger partial charge in [-0.25, -0.2) is 9.78 Å². The number of carbonyl (C=O) groups is 13. The molecule has 11 amide bonds. The molecule has 0 aliphatic heterocycles. The van der Waals surface area contributed by atoms with Gasteiger partial charge in [0, 0.05) is 79.0 Å². The van der Waals surface area contributed by atoms with Crippen LogP contribution in [0.1, 0.15) is 66.6 Å². The predicted molar refractivity (Wildman–Crippen MR) is 395 cm³/mol. The van der Waals surface area contributed by atoms with Gasteiger partial charge in [-0.1, -0.05) is 135 Å². The van der Waals surface area contributed by atoms with E-state index in [2.05, 4.69) is 93.4 Å². The molecule has 0 bridgehead atoms. The molecule has 0 saturated carbocycles. The molecule has 11 atom stereocenters. The quantitative estimate of drug-likeness (QED) is 0.0222. The molecule has 2 aromatic heterocycles. The number of carboxylic acids is 2. The SMILES string of the molecule is CC(C)C[C@H](N)C(=O)N[C@@H](Cc1ccccc1)C(=O)N[C@@H](CS)C(=O)N[C@@H](Cc1cnc[nH]1)C(=O)N[C@@H](Cc1ccccc1)C(=O)N[C@@H](Cc1c[nH]c2ccccc12)C(=O)N[C@@H](Cc1ccc(O)cc1)C(=O)N[C@@H](CC(N)=O)C(=O)N[C@@H](CS)C(=O)N[C@@H](CC(=O)O)C(=O)N[C@@H](Cc1ccccc1)C(=O)O. The monoisotopic (exact) mass is 1490 g/mol. The summed E-state index contributed by atoms with van der Waals surface area (Å²) in [6.07, 6.45) is 1.30. The average molecular weight is 1490 g/mol. The van der Waals surface area contributed by atoms with E-state index in [-0.39, 0.29) is 49.5 Å². The van der Waals surface area contributed by atoms with E-state index in [0.29, 0.717) is 50.8 Å². The molecule has 0 aliphatic carbocycles. The van der Waals surface area contributed by atoms with Crippen molar-refractivity contribution >= 4 is 113 Å². The number of phenolic OH excluding ortho intramolecular Hbond substituents is 1. The van der Waals surface area contributed by atoms with Crippen LogP contribution < -0.4 is 64.6 Å². The number of H-pyrrole nitrogens is 2. The van der Waals surface area contributed by atoms with Crippen LogP contribution in [0.5, 0.6) is 5.75 Å². The summed E-state index contributed by atoms with van der Waals surface area (Å²) >= 11 is 8.57. The Hall–Kier alpha value is -11.6. The number of aromatic amines is 2. The van der Waals surface area contributed by atoms with Crippen LogP contribution in [0.4, 0.5) is 0 Å². The largest absolute Gasteiger partial charge is 0.508 e. The van der Waals surface area contributed by atoms with Gasteiger partial charge < -0.3 is 89.9 Å². The lowest BCUT2D eigenvalue weighted by Gasteiger charge is -2.28. The number of hydrogen-bond donors (Lipinski definition) is 19. The third-order valence-corrected chi connectivity index (χ3v) is 17.6. The molecule has 106 heavy (non-hydrogen) atoms. The summed E-state index contributed by atoms with van der Waals surface area (Å²) in [4.78, 5) is 191. The topological polar surface area (TPSA) is 499 Å². The molecule has 31 nitrogen and oxygen atoms in total. The minimum atomic E-state index is -1.93. The van der Waals surface area contributed by atoms with Crippen molar-refractivity contribution in [3.05, 3.63) is 192 Å². The van der Waals surface area contributed by atoms with Crippen molar-refractivity contribution in [1.29, 1.82) is 0 Å². The number of fused-ring (bicyclic) bond motifs is 1. The van der Waals surface area contributed by atoms with Crippen LogP contribution in [0.2, 0.25) is 0 Å². The number of benzene rings is 5. The van der Waals surface area contributed by atoms with Gasteiger partial charge in [0.15, 0.2) is 0 Å². The molecule has 7 rings (SSSR count). The Morgan fingerprint density at radius 1 is 0.425 bits per heavy atom. The molecule has 0 unspecified atom stereocenters. The summed E-state index contributed by atoms with van der Waals surface area (Å²) in [6.45, 7) is 3.78. The fourth-order valence-corrected chi connectivity index (χ4v) is 11.8. The van der Waals surface area contributed by atoms with Crippen molar-refractivity contribution < 1.29 is 77.6 Å². The number of primary amides is 1. The number of aromatic nitrogens is 3. The maximum atomic E-state index is 15.3. The Bertz CT molecular complexity index is 4180. The molecule has 19 N–H and O–H groups in total. The highest BCUT2D eigenvalue weighted by Crippen LogP contribution is 2.21. The zero-order valence-corrected chi connectivity index (χ0v) is 59.7. The molecule has 0 saturated heterocycles. The van der Waals surface area contributed by atoms with Crippen molar-refractivity contribution in [1.82, 2.24) is 68.1 Å². The smallest absolute Gasteiger partial charge is 0.326 e. The number of para-hydroxylation sites is 1. The molecule has 562 valence electrons. The summed E-state index contributed by atoms with van der Waals surface area (Å²) in [5, 5.41) is 56.0. The third-order valence-electron chi connectivity index (χ3n) is 16.8. The third kappa shape index (κ3) is 25.7. The molecule has 0 radical (unpaired) electrons. The van der Waals surface area contributed by atoms with Crippen LogP contribution in [0, 0.1) is 5.92 Å². The zero-order chi connectivity index (χ0) is 77.0. The lowest BCUT2D eigenvalue weighted by molar-refractivity contribution is -0.143. The Balaban J connectivity index is 1.15. The van der Waals surface area contributed by atoms with Gasteiger partial charge in [-0.15, -0.1) is 0 Å². The fourth-order valence-electron chi connectivity index (χ4n) is 11.3. The molecule has 2 heterocycles. The summed E-state index contributed by atoms with van der Waals surface area (Å²) in [7, 11) is 0. The highest BCUT2D eigenvalue weighted by atomic mass is 32.1. The number of nitrogens with one attached hydrogen (secondary N) is 12. The van der Waals surface area contributed by atoms with E-state index in [1.54, 1.807) is 121 Å². The van der Waals surface area contributed by atoms with Gasteiger partial charge in [-0.3, -0.25) is 57.5 Å². The molecule has 0 aliphatic rings. The summed E-state index contributed by atoms with van der Waals surface area (Å²) in [5.74, 6) is -15.1. The van der Waals surface area contributed by atoms with E-state index in [9.17, 15) is 68.1 Å². The first-order valence-corrected chi connectivity index (χ1v) is 35.1. The molecule has 33 heteroatoms. The second-order valence-electron chi connectivity index (χ2n) is 25.6. The van der Waals surface area contributed by atoms with Crippen LogP contribution in [0.25, 0.3) is 10.9 Å². The van der Waals surface area contributed by atoms with Crippen molar-refractivity contribution in [3.63, 3.8) is 0 Å². The van der Waals surface area contributed by atoms with Gasteiger partial charge in [0.05, 0.1) is 25.2 Å². The van der Waals surface area contributed by atoms with Gasteiger partial charge in [-0.2, -0.15) is 25.3 Å². The zero-order valence-electron chi connectivity index (χ0n) is 57.9. The van der Waals surface area contributed by atoms with Gasteiger partial charge in [0.1, 0.15) is 66.2 Å². The second-order valence-corrected chi connectivity index (χ2v) is 26.3. The number of imidazole rings is 1. The van der Waals surface area contributed by atoms with E-state index in [0.717, 1.165) is 0 Å². The van der Waals surface area contributed by atoms with Crippen LogP contribution in [0.3, 0.4) is 0 Å². The number of carboxylic acid groups (broad SMARTS) is 2. The Labute approximate surface area is 620 Å². The van der Waals surface area contributed by atoms with Crippen molar-refractivity contribution in [2.75, 3.05) is 11.5 Å². The first kappa shape index (κ1) is 81.7. The van der Waals surface area contributed by atoms with E-state index in [4.69, 9.17) is 11.5 Å². The highest BCUT2D eigenvalue weighted by molar-refractivity contribution is 7.80. The van der Waals surface area contributed by atoms with E-state index in [1.165, 1.54) is 36.8 Å². The molecule has 7 aromatic rings. The number of rotatable bonds is 41. The van der Waals surface area contributed by atoms with Crippen LogP contribution in [0.15, 0.2) is 158 Å². The van der Waals surface area contributed by atoms with Crippen molar-refractivity contribution in [2.24, 2.45) is 17.4 Å². The normalized spacial score (nSPS) is 14.2. The maximum absolute atomic E-state index is 15.3. The number of aromatic hydroxyl groups is 1. The van der Waals surface area contributed by atoms with E-state index < -0.39 is 168 Å². The number of hydrogen-bond acceptors (Lipinski definition) is 18. The van der Waals surface area contributed by atoms with Crippen molar-refractivity contribution in [2.45, 2.75) is 138 Å². The summed E-state index contributed by atoms with van der Waals surface area (Å²) < 4.78 is 0. The second kappa shape index (κ2) is 40.5. The lowest BCUT2D eigenvalue weighted by atomic mass is 10.00. The van der Waals surface area contributed by atoms with Crippen LogP contribution in [-0.2, 0) is 101 Å². The van der Waals surface area contributed by atoms with Gasteiger partial charge in [0.25, 0.3) is 0 Å². The first-order chi connectivity index (χ1) is 50.7. The van der Waals surface area contributed by atoms with E-state index in [1.807, 2.05) is 13.8 Å². The van der Waals surface area contributed by atoms with Crippen LogP contribution >= 0.6 is 25.3 Å². The number of amides is 11. The van der Waals surface area contributed by atoms with Gasteiger partial charge in [0.2, 0.25) is 65.0 Å². The standard InChI is InChI=1S/C73H87N15O16S2/c1-40(2)26-49(74)63(93)79-51(27-41-14-6-3-7-15-41)66(96)87-59(37-105)71(101)83-55(32-46-36-76-39-78-46)68(98)81-52(28-42-16-8-4-9-17-42)64(94)82-54(31-45-35-77-50-21-13-12-20-48(45)50)67(97)80-53(29-44-22-24-47(89)25-23-44)65(95)84-56(33-61(75)90)69(99)88-60(38-106)72(102)85-57(34-62(91)92)70(100)86-58(73(103)104)30-43-18-10-5-11-19-43/h3-25,35-36,39-40,49,51-60,77,89,105-106H,26-34,37-38,74H2,1-2H3,(H2,75,90)(H,76,78)(H,79,93)(H,80,97)(H,81,98)(H,82,94)(H,83,101)(H,84,95)(H,85,102)(H,86,100)(H,87,96)(H,88,99)(H,91,92)(H,103,104)/t49-,51-,52-,53-,54-,55-,56-,57-,58-,59-,60-/m0/s1. The first-order valence-electron chi connectivity index (χ1n) is 33.8. The predicted octanol–water partition coefficient (Wildman–Crippen LogP) is -0.132. The highest BCUT2D eigenvalue weighted by Gasteiger charge is 2.38.